The van der Waals surface area contributed by atoms with E-state index in [1.807, 2.05) is 0 Å². The number of carbonyl (C=O) groups excluding carboxylic acids is 1. The monoisotopic (exact) mass is 462 g/mol. The predicted molar refractivity (Wildman–Crippen MR) is 95.7 cm³/mol. The molecule has 0 bridgehead atoms. The van der Waals surface area contributed by atoms with Gasteiger partial charge < -0.3 is 20.4 Å². The van der Waals surface area contributed by atoms with Gasteiger partial charge in [0.1, 0.15) is 17.3 Å². The van der Waals surface area contributed by atoms with Crippen molar-refractivity contribution in [3.8, 4) is 0 Å². The number of aliphatic carboxylic acids is 2. The van der Waals surface area contributed by atoms with Gasteiger partial charge in [0.2, 0.25) is 0 Å². The Hall–Kier alpha value is -2.27. The van der Waals surface area contributed by atoms with E-state index in [0.717, 1.165) is 4.90 Å². The number of carboxylic acid groups (broad SMARTS) is 2. The first-order valence-electron chi connectivity index (χ1n) is 8.05. The van der Waals surface area contributed by atoms with E-state index in [2.05, 4.69) is 0 Å². The molecule has 0 saturated heterocycles. The van der Waals surface area contributed by atoms with Gasteiger partial charge in [-0.2, -0.15) is 0 Å². The molecule has 0 aliphatic heterocycles. The van der Waals surface area contributed by atoms with Crippen molar-refractivity contribution < 1.29 is 42.2 Å². The quantitative estimate of drug-likeness (QED) is 0.265. The van der Waals surface area contributed by atoms with E-state index in [4.69, 9.17) is 33.4 Å². The molecule has 1 rings (SSSR count). The summed E-state index contributed by atoms with van der Waals surface area (Å²) in [5.74, 6) is -13.0. The Balaban J connectivity index is 3.34. The fraction of sp³-hybridized carbons (Fsp3) is 0.438. The summed E-state index contributed by atoms with van der Waals surface area (Å²) in [5, 5.41) is 19.2. The van der Waals surface area contributed by atoms with Crippen molar-refractivity contribution in [2.24, 2.45) is 0 Å². The highest BCUT2D eigenvalue weighted by atomic mass is 35.5. The van der Waals surface area contributed by atoms with Crippen LogP contribution in [0.25, 0.3) is 0 Å². The van der Waals surface area contributed by atoms with Gasteiger partial charge in [-0.25, -0.2) is 22.4 Å². The van der Waals surface area contributed by atoms with Crippen molar-refractivity contribution in [2.75, 3.05) is 29.7 Å². The van der Waals surface area contributed by atoms with Crippen LogP contribution in [0.4, 0.5) is 23.2 Å². The van der Waals surface area contributed by atoms with Gasteiger partial charge in [0.05, 0.1) is 0 Å². The molecule has 1 aromatic rings. The average Bonchev–Trinajstić information content (AvgIpc) is 2.63. The topological polar surface area (TPSA) is 107 Å². The third kappa shape index (κ3) is 6.10. The number of hydrogen-bond donors (Lipinski definition) is 3. The van der Waals surface area contributed by atoms with Crippen LogP contribution in [0.2, 0.25) is 0 Å². The van der Waals surface area contributed by atoms with E-state index >= 15 is 0 Å². The van der Waals surface area contributed by atoms with Crippen LogP contribution >= 0.6 is 23.2 Å². The molecule has 0 heterocycles. The molecule has 0 unspecified atom stereocenters. The van der Waals surface area contributed by atoms with Crippen LogP contribution in [0.15, 0.2) is 0 Å². The number of anilines is 1. The molecule has 3 N–H and O–H groups in total. The maximum Gasteiger partial charge on any atom is 0.326 e. The summed E-state index contributed by atoms with van der Waals surface area (Å²) >= 11 is 11.0. The minimum Gasteiger partial charge on any atom is -0.481 e. The second-order valence-electron chi connectivity index (χ2n) is 5.64. The summed E-state index contributed by atoms with van der Waals surface area (Å²) in [6, 6.07) is -1.85. The Kier molecular flexibility index (Phi) is 9.44. The van der Waals surface area contributed by atoms with E-state index < -0.39 is 71.2 Å². The Bertz CT molecular complexity index is 762. The van der Waals surface area contributed by atoms with Crippen LogP contribution in [0.5, 0.6) is 0 Å². The Morgan fingerprint density at radius 1 is 0.931 bits per heavy atom. The second kappa shape index (κ2) is 11.1. The normalized spacial score (nSPS) is 11.8. The number of hydrogen-bond acceptors (Lipinski definition) is 4. The van der Waals surface area contributed by atoms with Gasteiger partial charge >= 0.3 is 11.9 Å². The summed E-state index contributed by atoms with van der Waals surface area (Å²) in [6.07, 6.45) is -1.31. The van der Waals surface area contributed by atoms with Crippen LogP contribution in [0, 0.1) is 23.3 Å². The lowest BCUT2D eigenvalue weighted by Crippen LogP contribution is -2.42. The number of halogens is 6. The molecule has 0 radical (unpaired) electrons. The van der Waals surface area contributed by atoms with Crippen LogP contribution in [-0.4, -0.2) is 59.0 Å². The second-order valence-corrected chi connectivity index (χ2v) is 6.40. The van der Waals surface area contributed by atoms with Crippen molar-refractivity contribution in [1.82, 2.24) is 5.32 Å². The highest BCUT2D eigenvalue weighted by molar-refractivity contribution is 6.18. The van der Waals surface area contributed by atoms with Crippen LogP contribution < -0.4 is 10.2 Å². The highest BCUT2D eigenvalue weighted by Crippen LogP contribution is 2.31. The minimum atomic E-state index is -2.05. The molecule has 29 heavy (non-hydrogen) atoms. The zero-order chi connectivity index (χ0) is 22.3. The molecule has 0 aliphatic rings. The SMILES string of the molecule is O=C(O)CC[C@H](NC(=O)c1c(F)c(F)c(N(CCCl)CCCl)c(F)c1F)C(=O)O. The molecule has 1 aromatic carbocycles. The van der Waals surface area contributed by atoms with Crippen molar-refractivity contribution in [3.05, 3.63) is 28.8 Å². The van der Waals surface area contributed by atoms with Crippen molar-refractivity contribution in [2.45, 2.75) is 18.9 Å². The average molecular weight is 463 g/mol. The lowest BCUT2D eigenvalue weighted by Gasteiger charge is -2.25. The van der Waals surface area contributed by atoms with Crippen molar-refractivity contribution in [1.29, 1.82) is 0 Å². The lowest BCUT2D eigenvalue weighted by atomic mass is 10.1. The summed E-state index contributed by atoms with van der Waals surface area (Å²) < 4.78 is 57.6. The first-order chi connectivity index (χ1) is 13.6. The maximum absolute atomic E-state index is 14.4. The highest BCUT2D eigenvalue weighted by Gasteiger charge is 2.33. The summed E-state index contributed by atoms with van der Waals surface area (Å²) in [5.41, 5.74) is -2.79. The van der Waals surface area contributed by atoms with Crippen LogP contribution in [0.1, 0.15) is 23.2 Å². The zero-order valence-electron chi connectivity index (χ0n) is 14.7. The van der Waals surface area contributed by atoms with Crippen molar-refractivity contribution >= 4 is 46.7 Å². The number of nitrogens with zero attached hydrogens (tertiary/aromatic N) is 1. The van der Waals surface area contributed by atoms with Gasteiger partial charge in [0, 0.05) is 31.3 Å². The van der Waals surface area contributed by atoms with E-state index in [9.17, 15) is 31.9 Å². The van der Waals surface area contributed by atoms with Gasteiger partial charge in [-0.15, -0.1) is 23.2 Å². The minimum absolute atomic E-state index is 0.148. The molecule has 162 valence electrons. The molecular formula is C16H16Cl2F4N2O5. The van der Waals surface area contributed by atoms with Crippen LogP contribution in [0.3, 0.4) is 0 Å². The Labute approximate surface area is 172 Å². The number of alkyl halides is 2. The third-order valence-electron chi connectivity index (χ3n) is 3.74. The molecule has 0 saturated carbocycles. The zero-order valence-corrected chi connectivity index (χ0v) is 16.2. The summed E-state index contributed by atoms with van der Waals surface area (Å²) in [4.78, 5) is 34.6. The summed E-state index contributed by atoms with van der Waals surface area (Å²) in [7, 11) is 0. The molecule has 0 aliphatic carbocycles. The fourth-order valence-electron chi connectivity index (χ4n) is 2.39. The molecule has 1 amide bonds. The number of carboxylic acids is 2. The van der Waals surface area contributed by atoms with E-state index in [1.165, 1.54) is 0 Å². The van der Waals surface area contributed by atoms with Crippen molar-refractivity contribution in [3.63, 3.8) is 0 Å². The standard InChI is InChI=1S/C16H16Cl2F4N2O5/c17-3-5-24(6-4-18)14-12(21)10(19)9(11(20)13(14)22)15(27)23-7(16(28)29)1-2-8(25)26/h7H,1-6H2,(H,23,27)(H,25,26)(H,28,29)/t7-/m0/s1. The molecule has 7 nitrogen and oxygen atoms in total. The number of benzene rings is 1. The van der Waals surface area contributed by atoms with Gasteiger partial charge in [0.15, 0.2) is 23.3 Å². The molecule has 13 heteroatoms. The molecule has 0 spiro atoms. The van der Waals surface area contributed by atoms with Crippen LogP contribution in [-0.2, 0) is 9.59 Å². The first-order valence-corrected chi connectivity index (χ1v) is 9.11. The number of nitrogens with one attached hydrogen (secondary N) is 1. The molecule has 0 aromatic heterocycles. The Morgan fingerprint density at radius 3 is 1.79 bits per heavy atom. The number of amides is 1. The lowest BCUT2D eigenvalue weighted by molar-refractivity contribution is -0.140. The van der Waals surface area contributed by atoms with Gasteiger partial charge in [0.25, 0.3) is 5.91 Å². The van der Waals surface area contributed by atoms with E-state index in [-0.39, 0.29) is 24.8 Å². The predicted octanol–water partition coefficient (Wildman–Crippen LogP) is 2.57. The maximum atomic E-state index is 14.4. The fourth-order valence-corrected chi connectivity index (χ4v) is 2.80. The smallest absolute Gasteiger partial charge is 0.326 e. The van der Waals surface area contributed by atoms with Gasteiger partial charge in [-0.05, 0) is 6.42 Å². The number of carbonyl (C=O) groups is 3. The third-order valence-corrected chi connectivity index (χ3v) is 4.08. The molecule has 1 atom stereocenters. The van der Waals surface area contributed by atoms with Gasteiger partial charge in [-0.1, -0.05) is 0 Å². The summed E-state index contributed by atoms with van der Waals surface area (Å²) in [6.45, 7) is -0.411. The van der Waals surface area contributed by atoms with E-state index in [1.54, 1.807) is 5.32 Å². The van der Waals surface area contributed by atoms with E-state index in [0.29, 0.717) is 0 Å². The van der Waals surface area contributed by atoms with Gasteiger partial charge in [-0.3, -0.25) is 9.59 Å². The largest absolute Gasteiger partial charge is 0.481 e. The number of rotatable bonds is 11. The Morgan fingerprint density at radius 2 is 1.41 bits per heavy atom. The molecule has 0 fully saturated rings. The first kappa shape index (κ1) is 24.8. The molecular weight excluding hydrogens is 447 g/mol.